The average Bonchev–Trinajstić information content (AvgIpc) is 2.76. The van der Waals surface area contributed by atoms with Crippen LogP contribution in [0.25, 0.3) is 11.0 Å². The van der Waals surface area contributed by atoms with Crippen LogP contribution in [0.4, 0.5) is 5.69 Å². The quantitative estimate of drug-likeness (QED) is 0.907. The van der Waals surface area contributed by atoms with Crippen molar-refractivity contribution >= 4 is 22.7 Å². The Kier molecular flexibility index (Phi) is 3.92. The lowest BCUT2D eigenvalue weighted by atomic mass is 10.1. The van der Waals surface area contributed by atoms with Crippen LogP contribution in [-0.2, 0) is 7.05 Å². The number of nitrogens with zero attached hydrogens (tertiary/aromatic N) is 4. The van der Waals surface area contributed by atoms with E-state index in [1.807, 2.05) is 0 Å². The van der Waals surface area contributed by atoms with Crippen LogP contribution in [0.15, 0.2) is 12.4 Å². The Hall–Kier alpha value is -2.11. The minimum atomic E-state index is -0.958. The number of aromatic carboxylic acids is 1. The van der Waals surface area contributed by atoms with Crippen molar-refractivity contribution in [1.82, 2.24) is 14.8 Å². The predicted molar refractivity (Wildman–Crippen MR) is 78.2 cm³/mol. The Morgan fingerprint density at radius 3 is 2.70 bits per heavy atom. The van der Waals surface area contributed by atoms with Crippen molar-refractivity contribution in [2.45, 2.75) is 33.2 Å². The normalized spacial score (nSPS) is 11.2. The number of carbonyl (C=O) groups is 1. The van der Waals surface area contributed by atoms with Crippen LogP contribution in [0.3, 0.4) is 0 Å². The molecule has 2 rings (SSSR count). The number of carboxylic acid groups (broad SMARTS) is 1. The molecule has 0 bridgehead atoms. The van der Waals surface area contributed by atoms with Gasteiger partial charge in [0.2, 0.25) is 0 Å². The summed E-state index contributed by atoms with van der Waals surface area (Å²) >= 11 is 0. The lowest BCUT2D eigenvalue weighted by Crippen LogP contribution is -2.33. The van der Waals surface area contributed by atoms with Gasteiger partial charge in [-0.05, 0) is 20.3 Å². The summed E-state index contributed by atoms with van der Waals surface area (Å²) in [6.45, 7) is 7.00. The van der Waals surface area contributed by atoms with E-state index in [-0.39, 0.29) is 11.6 Å². The molecule has 0 saturated carbocycles. The van der Waals surface area contributed by atoms with Gasteiger partial charge in [-0.2, -0.15) is 5.10 Å². The number of pyridine rings is 1. The summed E-state index contributed by atoms with van der Waals surface area (Å²) in [5.74, 6) is -0.958. The van der Waals surface area contributed by atoms with Gasteiger partial charge in [-0.25, -0.2) is 9.78 Å². The summed E-state index contributed by atoms with van der Waals surface area (Å²) in [5, 5.41) is 14.4. The molecule has 0 atom stereocenters. The van der Waals surface area contributed by atoms with Crippen molar-refractivity contribution in [3.8, 4) is 0 Å². The molecular formula is C14H20N4O2. The molecule has 0 unspecified atom stereocenters. The Balaban J connectivity index is 2.74. The minimum Gasteiger partial charge on any atom is -0.478 e. The van der Waals surface area contributed by atoms with E-state index < -0.39 is 5.97 Å². The summed E-state index contributed by atoms with van der Waals surface area (Å²) in [6, 6.07) is 0.207. The van der Waals surface area contributed by atoms with Crippen LogP contribution in [-0.4, -0.2) is 38.4 Å². The van der Waals surface area contributed by atoms with E-state index in [9.17, 15) is 9.90 Å². The molecule has 0 aromatic carbocycles. The zero-order valence-electron chi connectivity index (χ0n) is 12.3. The van der Waals surface area contributed by atoms with Gasteiger partial charge in [0.1, 0.15) is 5.56 Å². The number of hydrogen-bond acceptors (Lipinski definition) is 4. The van der Waals surface area contributed by atoms with Gasteiger partial charge in [-0.3, -0.25) is 4.68 Å². The number of aryl methyl sites for hydroxylation is 1. The number of fused-ring (bicyclic) bond motifs is 1. The smallest absolute Gasteiger partial charge is 0.339 e. The molecule has 2 aromatic rings. The maximum atomic E-state index is 11.5. The second kappa shape index (κ2) is 5.48. The molecule has 108 valence electrons. The first-order chi connectivity index (χ1) is 9.47. The number of hydrogen-bond donors (Lipinski definition) is 1. The zero-order valence-corrected chi connectivity index (χ0v) is 12.3. The number of aromatic nitrogens is 3. The third-order valence-electron chi connectivity index (χ3n) is 3.34. The molecule has 2 heterocycles. The van der Waals surface area contributed by atoms with Crippen molar-refractivity contribution < 1.29 is 9.90 Å². The van der Waals surface area contributed by atoms with Gasteiger partial charge in [-0.1, -0.05) is 6.92 Å². The van der Waals surface area contributed by atoms with Crippen molar-refractivity contribution in [2.75, 3.05) is 11.4 Å². The Bertz CT molecular complexity index is 633. The monoisotopic (exact) mass is 276 g/mol. The van der Waals surface area contributed by atoms with E-state index in [2.05, 4.69) is 35.8 Å². The molecule has 0 aliphatic carbocycles. The first-order valence-corrected chi connectivity index (χ1v) is 6.78. The zero-order chi connectivity index (χ0) is 14.9. The second-order valence-electron chi connectivity index (χ2n) is 5.12. The number of anilines is 1. The van der Waals surface area contributed by atoms with Crippen molar-refractivity contribution in [1.29, 1.82) is 0 Å². The van der Waals surface area contributed by atoms with E-state index in [1.165, 1.54) is 6.20 Å². The largest absolute Gasteiger partial charge is 0.478 e. The maximum absolute atomic E-state index is 11.5. The van der Waals surface area contributed by atoms with Crippen LogP contribution < -0.4 is 4.90 Å². The van der Waals surface area contributed by atoms with Gasteiger partial charge >= 0.3 is 5.97 Å². The fraction of sp³-hybridized carbons (Fsp3) is 0.500. The SMILES string of the molecule is CCCN(c1c(C(=O)O)cnc2c1cnn2C)C(C)C. The lowest BCUT2D eigenvalue weighted by Gasteiger charge is -2.30. The molecule has 0 aliphatic heterocycles. The minimum absolute atomic E-state index is 0.207. The molecule has 0 spiro atoms. The average molecular weight is 276 g/mol. The third-order valence-corrected chi connectivity index (χ3v) is 3.34. The summed E-state index contributed by atoms with van der Waals surface area (Å²) in [4.78, 5) is 17.8. The van der Waals surface area contributed by atoms with E-state index >= 15 is 0 Å². The Morgan fingerprint density at radius 1 is 1.45 bits per heavy atom. The Labute approximate surface area is 118 Å². The van der Waals surface area contributed by atoms with E-state index in [4.69, 9.17) is 0 Å². The molecule has 2 aromatic heterocycles. The highest BCUT2D eigenvalue weighted by Gasteiger charge is 2.23. The summed E-state index contributed by atoms with van der Waals surface area (Å²) < 4.78 is 1.66. The molecule has 0 aliphatic rings. The highest BCUT2D eigenvalue weighted by atomic mass is 16.4. The fourth-order valence-corrected chi connectivity index (χ4v) is 2.42. The fourth-order valence-electron chi connectivity index (χ4n) is 2.42. The predicted octanol–water partition coefficient (Wildman–Crippen LogP) is 2.29. The molecule has 0 fully saturated rings. The molecule has 20 heavy (non-hydrogen) atoms. The standard InChI is InChI=1S/C14H20N4O2/c1-5-6-18(9(2)3)12-10-8-16-17(4)13(10)15-7-11(12)14(19)20/h7-9H,5-6H2,1-4H3,(H,19,20). The highest BCUT2D eigenvalue weighted by molar-refractivity contribution is 6.03. The molecular weight excluding hydrogens is 256 g/mol. The molecule has 0 radical (unpaired) electrons. The van der Waals surface area contributed by atoms with Crippen molar-refractivity contribution in [2.24, 2.45) is 7.05 Å². The number of carboxylic acids is 1. The summed E-state index contributed by atoms with van der Waals surface area (Å²) in [5.41, 5.74) is 1.65. The van der Waals surface area contributed by atoms with Crippen LogP contribution in [0.2, 0.25) is 0 Å². The van der Waals surface area contributed by atoms with E-state index in [1.54, 1.807) is 17.9 Å². The van der Waals surface area contributed by atoms with E-state index in [0.717, 1.165) is 18.4 Å². The summed E-state index contributed by atoms with van der Waals surface area (Å²) in [6.07, 6.45) is 4.06. The van der Waals surface area contributed by atoms with Crippen LogP contribution >= 0.6 is 0 Å². The first-order valence-electron chi connectivity index (χ1n) is 6.78. The lowest BCUT2D eigenvalue weighted by molar-refractivity contribution is 0.0697. The van der Waals surface area contributed by atoms with Gasteiger partial charge < -0.3 is 10.0 Å². The third kappa shape index (κ3) is 2.33. The van der Waals surface area contributed by atoms with Gasteiger partial charge in [0, 0.05) is 25.8 Å². The Morgan fingerprint density at radius 2 is 2.15 bits per heavy atom. The van der Waals surface area contributed by atoms with Crippen LogP contribution in [0, 0.1) is 0 Å². The molecule has 0 amide bonds. The number of rotatable bonds is 5. The van der Waals surface area contributed by atoms with Gasteiger partial charge in [-0.15, -0.1) is 0 Å². The topological polar surface area (TPSA) is 71.2 Å². The van der Waals surface area contributed by atoms with Gasteiger partial charge in [0.05, 0.1) is 17.3 Å². The maximum Gasteiger partial charge on any atom is 0.339 e. The molecule has 0 saturated heterocycles. The van der Waals surface area contributed by atoms with Crippen LogP contribution in [0.5, 0.6) is 0 Å². The highest BCUT2D eigenvalue weighted by Crippen LogP contribution is 2.31. The van der Waals surface area contributed by atoms with E-state index in [0.29, 0.717) is 11.3 Å². The van der Waals surface area contributed by atoms with Crippen molar-refractivity contribution in [3.05, 3.63) is 18.0 Å². The second-order valence-corrected chi connectivity index (χ2v) is 5.12. The van der Waals surface area contributed by atoms with Crippen molar-refractivity contribution in [3.63, 3.8) is 0 Å². The first kappa shape index (κ1) is 14.3. The molecule has 1 N–H and O–H groups in total. The molecule has 6 heteroatoms. The van der Waals surface area contributed by atoms with Gasteiger partial charge in [0.25, 0.3) is 0 Å². The van der Waals surface area contributed by atoms with Crippen LogP contribution in [0.1, 0.15) is 37.6 Å². The molecule has 6 nitrogen and oxygen atoms in total. The summed E-state index contributed by atoms with van der Waals surface area (Å²) in [7, 11) is 1.80. The van der Waals surface area contributed by atoms with Gasteiger partial charge in [0.15, 0.2) is 5.65 Å².